The average molecular weight is 469 g/mol. The highest BCUT2D eigenvalue weighted by Gasteiger charge is 2.49. The molecule has 33 heavy (non-hydrogen) atoms. The van der Waals surface area contributed by atoms with Crippen LogP contribution in [0.5, 0.6) is 0 Å². The summed E-state index contributed by atoms with van der Waals surface area (Å²) in [6, 6.07) is 21.9. The van der Waals surface area contributed by atoms with Crippen LogP contribution in [0.1, 0.15) is 78.6 Å². The van der Waals surface area contributed by atoms with Crippen molar-refractivity contribution >= 4 is 18.7 Å². The van der Waals surface area contributed by atoms with E-state index in [2.05, 4.69) is 81.4 Å². The lowest BCUT2D eigenvalue weighted by atomic mass is 10.1. The average Bonchev–Trinajstić information content (AvgIpc) is 2.84. The lowest BCUT2D eigenvalue weighted by molar-refractivity contribution is -0.162. The summed E-state index contributed by atoms with van der Waals surface area (Å²) in [7, 11) is -2.38. The Bertz CT molecular complexity index is 727. The van der Waals surface area contributed by atoms with E-state index in [0.717, 1.165) is 39.1 Å². The quantitative estimate of drug-likeness (QED) is 0.250. The minimum Gasteiger partial charge on any atom is -0.407 e. The predicted octanol–water partition coefficient (Wildman–Crippen LogP) is 6.45. The lowest BCUT2D eigenvalue weighted by Gasteiger charge is -2.43. The first kappa shape index (κ1) is 26.1. The van der Waals surface area contributed by atoms with Crippen LogP contribution in [0.4, 0.5) is 0 Å². The standard InChI is InChI=1S/C29H44O3Si/c1-29(2,3)33(26-18-10-8-11-19-26,27-20-12-9-13-21-27)32-25-16-7-5-4-6-15-23-30-28-22-14-17-24-31-28/h8-13,18-21,28H,4-7,14-17,22-25H2,1-3H3. The van der Waals surface area contributed by atoms with Crippen molar-refractivity contribution in [3.63, 3.8) is 0 Å². The van der Waals surface area contributed by atoms with Crippen molar-refractivity contribution in [2.24, 2.45) is 0 Å². The lowest BCUT2D eigenvalue weighted by Crippen LogP contribution is -2.66. The van der Waals surface area contributed by atoms with Gasteiger partial charge in [-0.05, 0) is 47.5 Å². The van der Waals surface area contributed by atoms with Gasteiger partial charge in [-0.25, -0.2) is 0 Å². The van der Waals surface area contributed by atoms with Crippen LogP contribution in [-0.2, 0) is 13.9 Å². The molecule has 1 atom stereocenters. The summed E-state index contributed by atoms with van der Waals surface area (Å²) in [5.74, 6) is 0. The Hall–Kier alpha value is -1.46. The Morgan fingerprint density at radius 1 is 0.758 bits per heavy atom. The molecule has 0 saturated carbocycles. The summed E-state index contributed by atoms with van der Waals surface area (Å²) in [6.07, 6.45) is 10.8. The molecular weight excluding hydrogens is 424 g/mol. The molecule has 0 aliphatic carbocycles. The Balaban J connectivity index is 1.44. The second kappa shape index (κ2) is 13.4. The fourth-order valence-electron chi connectivity index (χ4n) is 4.96. The van der Waals surface area contributed by atoms with Gasteiger partial charge in [0, 0.05) is 19.8 Å². The fraction of sp³-hybridized carbons (Fsp3) is 0.586. The van der Waals surface area contributed by atoms with Gasteiger partial charge in [-0.1, -0.05) is 107 Å². The van der Waals surface area contributed by atoms with E-state index in [1.165, 1.54) is 48.9 Å². The van der Waals surface area contributed by atoms with Crippen molar-refractivity contribution in [3.05, 3.63) is 60.7 Å². The van der Waals surface area contributed by atoms with Gasteiger partial charge in [-0.2, -0.15) is 0 Å². The Labute approximate surface area is 203 Å². The summed E-state index contributed by atoms with van der Waals surface area (Å²) in [6.45, 7) is 9.57. The molecule has 1 saturated heterocycles. The first-order valence-corrected chi connectivity index (χ1v) is 14.9. The molecule has 1 unspecified atom stereocenters. The van der Waals surface area contributed by atoms with Gasteiger partial charge in [-0.3, -0.25) is 0 Å². The highest BCUT2D eigenvalue weighted by Crippen LogP contribution is 2.36. The smallest absolute Gasteiger partial charge is 0.261 e. The van der Waals surface area contributed by atoms with Gasteiger partial charge in [0.1, 0.15) is 0 Å². The van der Waals surface area contributed by atoms with E-state index in [9.17, 15) is 0 Å². The van der Waals surface area contributed by atoms with Crippen molar-refractivity contribution in [3.8, 4) is 0 Å². The number of benzene rings is 2. The van der Waals surface area contributed by atoms with Gasteiger partial charge < -0.3 is 13.9 Å². The molecule has 1 aliphatic heterocycles. The largest absolute Gasteiger partial charge is 0.407 e. The number of rotatable bonds is 13. The van der Waals surface area contributed by atoms with Gasteiger partial charge in [-0.15, -0.1) is 0 Å². The second-order valence-electron chi connectivity index (χ2n) is 10.3. The molecule has 2 aromatic rings. The van der Waals surface area contributed by atoms with E-state index in [4.69, 9.17) is 13.9 Å². The number of unbranched alkanes of at least 4 members (excludes halogenated alkanes) is 5. The van der Waals surface area contributed by atoms with Crippen LogP contribution in [0, 0.1) is 0 Å². The zero-order valence-corrected chi connectivity index (χ0v) is 22.1. The molecule has 1 fully saturated rings. The number of ether oxygens (including phenoxy) is 2. The highest BCUT2D eigenvalue weighted by atomic mass is 28.4. The van der Waals surface area contributed by atoms with Crippen molar-refractivity contribution in [1.82, 2.24) is 0 Å². The Morgan fingerprint density at radius 3 is 1.82 bits per heavy atom. The summed E-state index contributed by atoms with van der Waals surface area (Å²) in [4.78, 5) is 0. The first-order valence-electron chi connectivity index (χ1n) is 13.0. The van der Waals surface area contributed by atoms with E-state index in [0.29, 0.717) is 0 Å². The highest BCUT2D eigenvalue weighted by molar-refractivity contribution is 6.99. The summed E-state index contributed by atoms with van der Waals surface area (Å²) in [5, 5.41) is 2.79. The molecule has 0 bridgehead atoms. The van der Waals surface area contributed by atoms with E-state index >= 15 is 0 Å². The summed E-state index contributed by atoms with van der Waals surface area (Å²) in [5.41, 5.74) is 0. The van der Waals surface area contributed by atoms with Crippen LogP contribution < -0.4 is 10.4 Å². The van der Waals surface area contributed by atoms with E-state index in [1.54, 1.807) is 0 Å². The minimum atomic E-state index is -2.38. The van der Waals surface area contributed by atoms with Gasteiger partial charge in [0.25, 0.3) is 8.32 Å². The van der Waals surface area contributed by atoms with E-state index in [1.807, 2.05) is 0 Å². The van der Waals surface area contributed by atoms with Crippen molar-refractivity contribution in [1.29, 1.82) is 0 Å². The third kappa shape index (κ3) is 7.51. The minimum absolute atomic E-state index is 0.0531. The van der Waals surface area contributed by atoms with Gasteiger partial charge in [0.15, 0.2) is 6.29 Å². The normalized spacial score (nSPS) is 17.2. The molecule has 4 heteroatoms. The topological polar surface area (TPSA) is 27.7 Å². The molecule has 0 spiro atoms. The molecule has 1 aliphatic rings. The van der Waals surface area contributed by atoms with Gasteiger partial charge in [0.05, 0.1) is 0 Å². The number of hydrogen-bond donors (Lipinski definition) is 0. The summed E-state index contributed by atoms with van der Waals surface area (Å²) >= 11 is 0. The molecule has 0 N–H and O–H groups in total. The van der Waals surface area contributed by atoms with Crippen molar-refractivity contribution < 1.29 is 13.9 Å². The van der Waals surface area contributed by atoms with Crippen LogP contribution in [0.15, 0.2) is 60.7 Å². The molecule has 182 valence electrons. The first-order chi connectivity index (χ1) is 16.0. The molecule has 0 amide bonds. The van der Waals surface area contributed by atoms with Gasteiger partial charge in [0.2, 0.25) is 0 Å². The monoisotopic (exact) mass is 468 g/mol. The molecule has 3 nitrogen and oxygen atoms in total. The van der Waals surface area contributed by atoms with Crippen LogP contribution in [-0.4, -0.2) is 34.4 Å². The maximum Gasteiger partial charge on any atom is 0.261 e. The maximum atomic E-state index is 6.98. The molecule has 0 aromatic heterocycles. The third-order valence-electron chi connectivity index (χ3n) is 6.72. The van der Waals surface area contributed by atoms with Crippen LogP contribution in [0.2, 0.25) is 5.04 Å². The fourth-order valence-corrected chi connectivity index (χ4v) is 9.56. The van der Waals surface area contributed by atoms with Crippen LogP contribution >= 0.6 is 0 Å². The zero-order valence-electron chi connectivity index (χ0n) is 21.1. The molecule has 1 heterocycles. The van der Waals surface area contributed by atoms with Crippen molar-refractivity contribution in [2.75, 3.05) is 19.8 Å². The van der Waals surface area contributed by atoms with Crippen LogP contribution in [0.3, 0.4) is 0 Å². The second-order valence-corrected chi connectivity index (χ2v) is 14.6. The van der Waals surface area contributed by atoms with Crippen LogP contribution in [0.25, 0.3) is 0 Å². The zero-order chi connectivity index (χ0) is 23.4. The van der Waals surface area contributed by atoms with Crippen molar-refractivity contribution in [2.45, 2.75) is 89.9 Å². The molecular formula is C29H44O3Si. The van der Waals surface area contributed by atoms with Gasteiger partial charge >= 0.3 is 0 Å². The van der Waals surface area contributed by atoms with E-state index in [-0.39, 0.29) is 11.3 Å². The molecule has 2 aromatic carbocycles. The summed E-state index contributed by atoms with van der Waals surface area (Å²) < 4.78 is 18.5. The Kier molecular flexibility index (Phi) is 10.6. The SMILES string of the molecule is CC(C)(C)[Si](OCCCCCCCCOC1CCCCO1)(c1ccccc1)c1ccccc1. The molecule has 3 rings (SSSR count). The predicted molar refractivity (Wildman–Crippen MR) is 141 cm³/mol. The maximum absolute atomic E-state index is 6.98. The third-order valence-corrected chi connectivity index (χ3v) is 11.8. The molecule has 0 radical (unpaired) electrons. The Morgan fingerprint density at radius 2 is 1.30 bits per heavy atom. The number of hydrogen-bond acceptors (Lipinski definition) is 3. The van der Waals surface area contributed by atoms with E-state index < -0.39 is 8.32 Å².